The highest BCUT2D eigenvalue weighted by molar-refractivity contribution is 7.89. The summed E-state index contributed by atoms with van der Waals surface area (Å²) in [5, 5.41) is 0.766. The average molecular weight is 458 g/mol. The summed E-state index contributed by atoms with van der Waals surface area (Å²) >= 11 is 11.7. The molecule has 0 fully saturated rings. The number of carbonyl (C=O) groups is 2. The molecule has 6 nitrogen and oxygen atoms in total. The van der Waals surface area contributed by atoms with Gasteiger partial charge in [-0.05, 0) is 49.2 Å². The van der Waals surface area contributed by atoms with Gasteiger partial charge in [0.1, 0.15) is 6.04 Å². The van der Waals surface area contributed by atoms with E-state index in [2.05, 4.69) is 4.72 Å². The maximum Gasteiger partial charge on any atom is 0.325 e. The Hall–Kier alpha value is -1.93. The molecule has 2 atom stereocenters. The number of sulfonamides is 1. The largest absolute Gasteiger partial charge is 0.453 e. The first-order valence-corrected chi connectivity index (χ1v) is 11.0. The fourth-order valence-corrected chi connectivity index (χ4v) is 4.13. The Morgan fingerprint density at radius 1 is 0.966 bits per heavy atom. The van der Waals surface area contributed by atoms with E-state index in [1.807, 2.05) is 0 Å². The lowest BCUT2D eigenvalue weighted by molar-refractivity contribution is -0.149. The Labute approximate surface area is 180 Å². The van der Waals surface area contributed by atoms with Crippen LogP contribution >= 0.6 is 23.2 Å². The lowest BCUT2D eigenvalue weighted by Crippen LogP contribution is -2.46. The number of halogens is 2. The first-order chi connectivity index (χ1) is 13.5. The monoisotopic (exact) mass is 457 g/mol. The number of hydrogen-bond acceptors (Lipinski definition) is 5. The average Bonchev–Trinajstić information content (AvgIpc) is 2.65. The molecule has 29 heavy (non-hydrogen) atoms. The summed E-state index contributed by atoms with van der Waals surface area (Å²) in [7, 11) is -3.99. The highest BCUT2D eigenvalue weighted by Gasteiger charge is 2.32. The zero-order valence-electron chi connectivity index (χ0n) is 16.1. The van der Waals surface area contributed by atoms with E-state index in [0.29, 0.717) is 15.6 Å². The third-order valence-electron chi connectivity index (χ3n) is 4.10. The van der Waals surface area contributed by atoms with Gasteiger partial charge < -0.3 is 4.74 Å². The standard InChI is InChI=1S/C20H21Cl2NO5S/c1-12(2)18(23-29(26,27)17-9-7-15(21)8-10-17)20(25)28-13(3)19(24)14-5-4-6-16(22)11-14/h4-13,18,23H,1-3H3/t13?,18-/m0/s1. The van der Waals surface area contributed by atoms with Crippen LogP contribution in [0.25, 0.3) is 0 Å². The van der Waals surface area contributed by atoms with Gasteiger partial charge in [-0.25, -0.2) is 8.42 Å². The Bertz CT molecular complexity index is 990. The van der Waals surface area contributed by atoms with Gasteiger partial charge in [0.25, 0.3) is 0 Å². The first-order valence-electron chi connectivity index (χ1n) is 8.79. The van der Waals surface area contributed by atoms with Crippen molar-refractivity contribution in [3.63, 3.8) is 0 Å². The van der Waals surface area contributed by atoms with Gasteiger partial charge in [0.15, 0.2) is 6.10 Å². The molecule has 0 radical (unpaired) electrons. The summed E-state index contributed by atoms with van der Waals surface area (Å²) in [6.45, 7) is 4.76. The molecule has 0 aromatic heterocycles. The van der Waals surface area contributed by atoms with Gasteiger partial charge in [0.05, 0.1) is 4.90 Å². The minimum Gasteiger partial charge on any atom is -0.453 e. The molecule has 2 rings (SSSR count). The molecule has 9 heteroatoms. The van der Waals surface area contributed by atoms with Crippen molar-refractivity contribution in [1.29, 1.82) is 0 Å². The molecule has 0 saturated heterocycles. The van der Waals surface area contributed by atoms with Crippen molar-refractivity contribution < 1.29 is 22.7 Å². The number of nitrogens with one attached hydrogen (secondary N) is 1. The molecule has 0 aliphatic rings. The third-order valence-corrected chi connectivity index (χ3v) is 6.04. The van der Waals surface area contributed by atoms with Crippen molar-refractivity contribution in [3.8, 4) is 0 Å². The van der Waals surface area contributed by atoms with Gasteiger partial charge in [0.2, 0.25) is 15.8 Å². The number of ketones is 1. The van der Waals surface area contributed by atoms with E-state index in [0.717, 1.165) is 0 Å². The van der Waals surface area contributed by atoms with Gasteiger partial charge in [-0.3, -0.25) is 9.59 Å². The van der Waals surface area contributed by atoms with Crippen molar-refractivity contribution in [3.05, 3.63) is 64.1 Å². The molecule has 0 spiro atoms. The summed E-state index contributed by atoms with van der Waals surface area (Å²) in [6, 6.07) is 10.6. The van der Waals surface area contributed by atoms with Gasteiger partial charge >= 0.3 is 5.97 Å². The molecular weight excluding hydrogens is 437 g/mol. The molecule has 1 N–H and O–H groups in total. The van der Waals surface area contributed by atoms with Gasteiger partial charge in [0, 0.05) is 15.6 Å². The van der Waals surface area contributed by atoms with Crippen molar-refractivity contribution in [2.45, 2.75) is 37.8 Å². The maximum atomic E-state index is 12.6. The van der Waals surface area contributed by atoms with Crippen LogP contribution in [0.3, 0.4) is 0 Å². The van der Waals surface area contributed by atoms with Gasteiger partial charge in [-0.15, -0.1) is 0 Å². The summed E-state index contributed by atoms with van der Waals surface area (Å²) in [5.41, 5.74) is 0.292. The Kier molecular flexibility index (Phi) is 7.82. The molecule has 0 heterocycles. The van der Waals surface area contributed by atoms with Crippen molar-refractivity contribution in [2.24, 2.45) is 5.92 Å². The smallest absolute Gasteiger partial charge is 0.325 e. The summed E-state index contributed by atoms with van der Waals surface area (Å²) < 4.78 is 32.8. The van der Waals surface area contributed by atoms with Crippen LogP contribution in [0.4, 0.5) is 0 Å². The summed E-state index contributed by atoms with van der Waals surface area (Å²) in [5.74, 6) is -1.71. The number of hydrogen-bond donors (Lipinski definition) is 1. The predicted octanol–water partition coefficient (Wildman–Crippen LogP) is 4.11. The molecule has 2 aromatic carbocycles. The third kappa shape index (κ3) is 6.27. The molecular formula is C20H21Cl2NO5S. The normalized spacial score (nSPS) is 13.7. The highest BCUT2D eigenvalue weighted by Crippen LogP contribution is 2.18. The van der Waals surface area contributed by atoms with E-state index in [-0.39, 0.29) is 4.90 Å². The Morgan fingerprint density at radius 3 is 2.14 bits per heavy atom. The van der Waals surface area contributed by atoms with Crippen LogP contribution in [0, 0.1) is 5.92 Å². The second-order valence-electron chi connectivity index (χ2n) is 6.75. The molecule has 0 bridgehead atoms. The Morgan fingerprint density at radius 2 is 1.59 bits per heavy atom. The van der Waals surface area contributed by atoms with Crippen LogP contribution in [0.2, 0.25) is 10.0 Å². The molecule has 0 aliphatic heterocycles. The zero-order chi connectivity index (χ0) is 21.8. The summed E-state index contributed by atoms with van der Waals surface area (Å²) in [6.07, 6.45) is -1.11. The van der Waals surface area contributed by atoms with E-state index in [1.165, 1.54) is 37.3 Å². The van der Waals surface area contributed by atoms with Crippen LogP contribution in [0.5, 0.6) is 0 Å². The number of ether oxygens (including phenoxy) is 1. The van der Waals surface area contributed by atoms with E-state index >= 15 is 0 Å². The van der Waals surface area contributed by atoms with E-state index in [1.54, 1.807) is 32.0 Å². The number of Topliss-reactive ketones (excluding diaryl/α,β-unsaturated/α-hetero) is 1. The Balaban J connectivity index is 2.14. The van der Waals surface area contributed by atoms with Crippen molar-refractivity contribution in [2.75, 3.05) is 0 Å². The fourth-order valence-electron chi connectivity index (χ4n) is 2.48. The van der Waals surface area contributed by atoms with E-state index < -0.39 is 39.8 Å². The van der Waals surface area contributed by atoms with Crippen LogP contribution in [0.1, 0.15) is 31.1 Å². The molecule has 0 amide bonds. The van der Waals surface area contributed by atoms with E-state index in [9.17, 15) is 18.0 Å². The van der Waals surface area contributed by atoms with E-state index in [4.69, 9.17) is 27.9 Å². The second-order valence-corrected chi connectivity index (χ2v) is 9.34. The molecule has 1 unspecified atom stereocenters. The minimum atomic E-state index is -3.99. The number of carbonyl (C=O) groups excluding carboxylic acids is 2. The zero-order valence-corrected chi connectivity index (χ0v) is 18.4. The molecule has 156 valence electrons. The second kappa shape index (κ2) is 9.71. The number of benzene rings is 2. The first kappa shape index (κ1) is 23.3. The topological polar surface area (TPSA) is 89.5 Å². The van der Waals surface area contributed by atoms with Crippen molar-refractivity contribution in [1.82, 2.24) is 4.72 Å². The van der Waals surface area contributed by atoms with Gasteiger partial charge in [-0.2, -0.15) is 4.72 Å². The lowest BCUT2D eigenvalue weighted by atomic mass is 10.1. The molecule has 0 aliphatic carbocycles. The van der Waals surface area contributed by atoms with Crippen molar-refractivity contribution >= 4 is 45.0 Å². The lowest BCUT2D eigenvalue weighted by Gasteiger charge is -2.22. The quantitative estimate of drug-likeness (QED) is 0.475. The van der Waals surface area contributed by atoms with Gasteiger partial charge in [-0.1, -0.05) is 49.2 Å². The minimum absolute atomic E-state index is 0.0385. The number of esters is 1. The summed E-state index contributed by atoms with van der Waals surface area (Å²) in [4.78, 5) is 25.1. The SMILES string of the molecule is CC(OC(=O)[C@@H](NS(=O)(=O)c1ccc(Cl)cc1)C(C)C)C(=O)c1cccc(Cl)c1. The molecule has 2 aromatic rings. The number of rotatable bonds is 8. The maximum absolute atomic E-state index is 12.6. The predicted molar refractivity (Wildman–Crippen MR) is 112 cm³/mol. The van der Waals surface area contributed by atoms with Crippen LogP contribution in [-0.4, -0.2) is 32.3 Å². The van der Waals surface area contributed by atoms with Crippen LogP contribution in [-0.2, 0) is 19.6 Å². The molecule has 0 saturated carbocycles. The van der Waals surface area contributed by atoms with Crippen LogP contribution in [0.15, 0.2) is 53.4 Å². The fraction of sp³-hybridized carbons (Fsp3) is 0.300. The highest BCUT2D eigenvalue weighted by atomic mass is 35.5. The van der Waals surface area contributed by atoms with Crippen LogP contribution < -0.4 is 4.72 Å².